The quantitative estimate of drug-likeness (QED) is 0.724. The summed E-state index contributed by atoms with van der Waals surface area (Å²) >= 11 is 1.71. The number of nitrogens with zero attached hydrogens (tertiary/aromatic N) is 3. The van der Waals surface area contributed by atoms with Crippen molar-refractivity contribution in [3.8, 4) is 0 Å². The van der Waals surface area contributed by atoms with Crippen LogP contribution < -0.4 is 10.2 Å². The normalized spacial score (nSPS) is 24.9. The smallest absolute Gasteiger partial charge is 0.246 e. The maximum atomic E-state index is 12.2. The van der Waals surface area contributed by atoms with Crippen molar-refractivity contribution in [2.75, 3.05) is 24.6 Å². The third kappa shape index (κ3) is 2.61. The Morgan fingerprint density at radius 3 is 2.89 bits per heavy atom. The lowest BCUT2D eigenvalue weighted by Crippen LogP contribution is -2.66. The van der Waals surface area contributed by atoms with Gasteiger partial charge in [-0.05, 0) is 31.4 Å². The van der Waals surface area contributed by atoms with Crippen LogP contribution in [0.4, 0.5) is 5.82 Å². The number of aryl methyl sites for hydroxylation is 2. The van der Waals surface area contributed by atoms with Crippen LogP contribution in [0.2, 0.25) is 0 Å². The Hall–Kier alpha value is -2.51. The summed E-state index contributed by atoms with van der Waals surface area (Å²) in [7, 11) is 0. The van der Waals surface area contributed by atoms with E-state index in [1.54, 1.807) is 17.7 Å². The number of carbonyl (C=O) groups is 1. The monoisotopic (exact) mass is 394 g/mol. The molecule has 5 rings (SSSR count). The van der Waals surface area contributed by atoms with Crippen LogP contribution in [0.5, 0.6) is 0 Å². The van der Waals surface area contributed by atoms with Crippen LogP contribution >= 0.6 is 11.3 Å². The number of ether oxygens (including phenoxy) is 1. The van der Waals surface area contributed by atoms with Crippen LogP contribution in [0.25, 0.3) is 10.2 Å². The Bertz CT molecular complexity index is 1050. The molecule has 0 unspecified atom stereocenters. The lowest BCUT2D eigenvalue weighted by atomic mass is 9.77. The van der Waals surface area contributed by atoms with Crippen LogP contribution in [-0.4, -0.2) is 41.7 Å². The molecule has 3 aromatic rings. The van der Waals surface area contributed by atoms with Crippen LogP contribution in [0.1, 0.15) is 22.4 Å². The number of aromatic nitrogens is 2. The van der Waals surface area contributed by atoms with Crippen LogP contribution in [0.15, 0.2) is 36.7 Å². The van der Waals surface area contributed by atoms with Gasteiger partial charge in [0.15, 0.2) is 0 Å². The highest BCUT2D eigenvalue weighted by Gasteiger charge is 2.49. The summed E-state index contributed by atoms with van der Waals surface area (Å²) in [6, 6.07) is 10.2. The SMILES string of the molecule is Cc1sc2ncnc(N3CC[C@@]4(c5ccccc5)NC(=O)CO[C@@H]4C3)c2c1C. The Morgan fingerprint density at radius 2 is 2.07 bits per heavy atom. The first kappa shape index (κ1) is 17.6. The fourth-order valence-electron chi connectivity index (χ4n) is 4.45. The number of benzene rings is 1. The number of hydrogen-bond acceptors (Lipinski definition) is 6. The minimum atomic E-state index is -0.487. The van der Waals surface area contributed by atoms with Crippen molar-refractivity contribution >= 4 is 33.3 Å². The molecule has 144 valence electrons. The van der Waals surface area contributed by atoms with Crippen molar-refractivity contribution < 1.29 is 9.53 Å². The van der Waals surface area contributed by atoms with Gasteiger partial charge < -0.3 is 15.0 Å². The zero-order valence-electron chi connectivity index (χ0n) is 15.9. The third-order valence-corrected chi connectivity index (χ3v) is 7.14. The van der Waals surface area contributed by atoms with Gasteiger partial charge in [-0.1, -0.05) is 30.3 Å². The molecule has 2 aliphatic rings. The molecule has 0 aliphatic carbocycles. The second-order valence-electron chi connectivity index (χ2n) is 7.54. The van der Waals surface area contributed by atoms with Gasteiger partial charge in [0.05, 0.1) is 10.9 Å². The molecule has 7 heteroatoms. The first-order valence-electron chi connectivity index (χ1n) is 9.52. The van der Waals surface area contributed by atoms with Gasteiger partial charge in [0.2, 0.25) is 5.91 Å². The highest BCUT2D eigenvalue weighted by atomic mass is 32.1. The maximum absolute atomic E-state index is 12.2. The summed E-state index contributed by atoms with van der Waals surface area (Å²) in [6.07, 6.45) is 2.28. The number of morpholine rings is 1. The predicted octanol–water partition coefficient (Wildman–Crippen LogP) is 2.93. The minimum absolute atomic E-state index is 0.0534. The van der Waals surface area contributed by atoms with Crippen molar-refractivity contribution in [1.29, 1.82) is 0 Å². The van der Waals surface area contributed by atoms with E-state index in [4.69, 9.17) is 4.74 Å². The number of carbonyl (C=O) groups excluding carboxylic acids is 1. The summed E-state index contributed by atoms with van der Waals surface area (Å²) < 4.78 is 6.06. The van der Waals surface area contributed by atoms with Gasteiger partial charge in [0.1, 0.15) is 29.7 Å². The van der Waals surface area contributed by atoms with E-state index in [1.165, 1.54) is 10.4 Å². The highest BCUT2D eigenvalue weighted by molar-refractivity contribution is 7.18. The van der Waals surface area contributed by atoms with Gasteiger partial charge >= 0.3 is 0 Å². The summed E-state index contributed by atoms with van der Waals surface area (Å²) in [6.45, 7) is 5.83. The molecule has 6 nitrogen and oxygen atoms in total. The van der Waals surface area contributed by atoms with Crippen LogP contribution in [0.3, 0.4) is 0 Å². The van der Waals surface area contributed by atoms with E-state index in [9.17, 15) is 4.79 Å². The Labute approximate surface area is 167 Å². The fraction of sp³-hybridized carbons (Fsp3) is 0.381. The van der Waals surface area contributed by atoms with E-state index in [2.05, 4.69) is 46.2 Å². The second kappa shape index (κ2) is 6.53. The largest absolute Gasteiger partial charge is 0.364 e. The molecule has 0 spiro atoms. The highest BCUT2D eigenvalue weighted by Crippen LogP contribution is 2.40. The molecule has 28 heavy (non-hydrogen) atoms. The molecule has 2 aromatic heterocycles. The van der Waals surface area contributed by atoms with Crippen molar-refractivity contribution in [1.82, 2.24) is 15.3 Å². The number of anilines is 1. The Balaban J connectivity index is 1.54. The van der Waals surface area contributed by atoms with Gasteiger partial charge in [-0.3, -0.25) is 4.79 Å². The van der Waals surface area contributed by atoms with Crippen molar-refractivity contribution in [2.24, 2.45) is 0 Å². The Kier molecular flexibility index (Phi) is 4.10. The lowest BCUT2D eigenvalue weighted by molar-refractivity contribution is -0.146. The molecule has 2 atom stereocenters. The van der Waals surface area contributed by atoms with Gasteiger partial charge in [-0.15, -0.1) is 11.3 Å². The summed E-state index contributed by atoms with van der Waals surface area (Å²) in [5.41, 5.74) is 1.86. The maximum Gasteiger partial charge on any atom is 0.246 e. The number of nitrogens with one attached hydrogen (secondary N) is 1. The molecule has 2 saturated heterocycles. The molecule has 1 amide bonds. The second-order valence-corrected chi connectivity index (χ2v) is 8.75. The fourth-order valence-corrected chi connectivity index (χ4v) is 5.44. The summed E-state index contributed by atoms with van der Waals surface area (Å²) in [4.78, 5) is 25.9. The zero-order chi connectivity index (χ0) is 19.3. The molecule has 4 heterocycles. The van der Waals surface area contributed by atoms with E-state index >= 15 is 0 Å². The van der Waals surface area contributed by atoms with Gasteiger partial charge in [-0.25, -0.2) is 9.97 Å². The van der Waals surface area contributed by atoms with E-state index in [1.807, 2.05) is 18.2 Å². The number of fused-ring (bicyclic) bond motifs is 2. The first-order valence-corrected chi connectivity index (χ1v) is 10.3. The number of hydrogen-bond donors (Lipinski definition) is 1. The number of thiophene rings is 1. The molecule has 0 radical (unpaired) electrons. The number of piperidine rings is 1. The summed E-state index contributed by atoms with van der Waals surface area (Å²) in [5, 5.41) is 4.39. The molecule has 2 fully saturated rings. The van der Waals surface area contributed by atoms with E-state index in [0.717, 1.165) is 34.6 Å². The van der Waals surface area contributed by atoms with E-state index < -0.39 is 5.54 Å². The van der Waals surface area contributed by atoms with Gasteiger partial charge in [0, 0.05) is 18.0 Å². The first-order chi connectivity index (χ1) is 13.6. The molecule has 0 saturated carbocycles. The van der Waals surface area contributed by atoms with Crippen molar-refractivity contribution in [3.05, 3.63) is 52.7 Å². The zero-order valence-corrected chi connectivity index (χ0v) is 16.8. The molecule has 1 N–H and O–H groups in total. The summed E-state index contributed by atoms with van der Waals surface area (Å²) in [5.74, 6) is 0.913. The van der Waals surface area contributed by atoms with Crippen molar-refractivity contribution in [3.63, 3.8) is 0 Å². The number of amides is 1. The standard InChI is InChI=1S/C21H22N4O2S/c1-13-14(2)28-20-18(13)19(22-12-23-20)25-9-8-21(15-6-4-3-5-7-15)16(10-25)27-11-17(26)24-21/h3-7,12,16H,8-11H2,1-2H3,(H,24,26)/t16-,21+/m1/s1. The van der Waals surface area contributed by atoms with Crippen LogP contribution in [-0.2, 0) is 15.1 Å². The topological polar surface area (TPSA) is 67.4 Å². The van der Waals surface area contributed by atoms with Crippen molar-refractivity contribution in [2.45, 2.75) is 31.9 Å². The predicted molar refractivity (Wildman–Crippen MR) is 110 cm³/mol. The third-order valence-electron chi connectivity index (χ3n) is 6.02. The van der Waals surface area contributed by atoms with Gasteiger partial charge in [-0.2, -0.15) is 0 Å². The molecule has 0 bridgehead atoms. The van der Waals surface area contributed by atoms with E-state index in [-0.39, 0.29) is 18.6 Å². The van der Waals surface area contributed by atoms with Crippen LogP contribution in [0, 0.1) is 13.8 Å². The number of rotatable bonds is 2. The lowest BCUT2D eigenvalue weighted by Gasteiger charge is -2.50. The van der Waals surface area contributed by atoms with E-state index in [0.29, 0.717) is 6.54 Å². The molecular weight excluding hydrogens is 372 g/mol. The molecular formula is C21H22N4O2S. The average molecular weight is 395 g/mol. The molecule has 2 aliphatic heterocycles. The minimum Gasteiger partial charge on any atom is -0.364 e. The molecule has 1 aromatic carbocycles. The Morgan fingerprint density at radius 1 is 1.25 bits per heavy atom. The van der Waals surface area contributed by atoms with Gasteiger partial charge in [0.25, 0.3) is 0 Å². The average Bonchev–Trinajstić information content (AvgIpc) is 3.02.